The first-order valence-electron chi connectivity index (χ1n) is 7.45. The number of carbonyl (C=O) groups excluding carboxylic acids is 2. The van der Waals surface area contributed by atoms with Crippen molar-refractivity contribution in [1.29, 1.82) is 0 Å². The molecule has 0 saturated heterocycles. The van der Waals surface area contributed by atoms with Crippen LogP contribution in [0.1, 0.15) is 59.3 Å². The molecule has 0 amide bonds. The summed E-state index contributed by atoms with van der Waals surface area (Å²) in [5.74, 6) is -0.343. The molecule has 0 bridgehead atoms. The van der Waals surface area contributed by atoms with Crippen LogP contribution in [-0.4, -0.2) is 25.2 Å². The van der Waals surface area contributed by atoms with Crippen molar-refractivity contribution in [2.24, 2.45) is 11.3 Å². The zero-order valence-electron chi connectivity index (χ0n) is 12.4. The Balaban J connectivity index is 2.92. The molecule has 0 aliphatic heterocycles. The fraction of sp³-hybridized carbons (Fsp3) is 0.867. The summed E-state index contributed by atoms with van der Waals surface area (Å²) in [5, 5.41) is 0. The maximum Gasteiger partial charge on any atom is 0.323 e. The van der Waals surface area contributed by atoms with Gasteiger partial charge in [-0.15, -0.1) is 0 Å². The van der Waals surface area contributed by atoms with E-state index in [4.69, 9.17) is 9.47 Å². The van der Waals surface area contributed by atoms with Gasteiger partial charge in [0, 0.05) is 0 Å². The second-order valence-corrected chi connectivity index (χ2v) is 5.27. The highest BCUT2D eigenvalue weighted by Gasteiger charge is 2.49. The van der Waals surface area contributed by atoms with Gasteiger partial charge in [-0.25, -0.2) is 0 Å². The lowest BCUT2D eigenvalue weighted by atomic mass is 9.69. The molecule has 110 valence electrons. The van der Waals surface area contributed by atoms with E-state index in [2.05, 4.69) is 0 Å². The average molecular weight is 270 g/mol. The van der Waals surface area contributed by atoms with Crippen molar-refractivity contribution in [2.75, 3.05) is 13.2 Å². The first kappa shape index (κ1) is 16.0. The largest absolute Gasteiger partial charge is 0.465 e. The second-order valence-electron chi connectivity index (χ2n) is 5.27. The summed E-state index contributed by atoms with van der Waals surface area (Å²) in [6.45, 7) is 6.11. The summed E-state index contributed by atoms with van der Waals surface area (Å²) in [6.07, 6.45) is 5.26. The topological polar surface area (TPSA) is 52.6 Å². The van der Waals surface area contributed by atoms with Crippen LogP contribution in [0, 0.1) is 11.3 Å². The first-order chi connectivity index (χ1) is 9.10. The van der Waals surface area contributed by atoms with Gasteiger partial charge in [-0.2, -0.15) is 0 Å². The van der Waals surface area contributed by atoms with Gasteiger partial charge >= 0.3 is 11.9 Å². The fourth-order valence-electron chi connectivity index (χ4n) is 2.71. The Bertz CT molecular complexity index is 289. The van der Waals surface area contributed by atoms with Gasteiger partial charge in [0.1, 0.15) is 0 Å². The summed E-state index contributed by atoms with van der Waals surface area (Å²) >= 11 is 0. The summed E-state index contributed by atoms with van der Waals surface area (Å²) in [7, 11) is 0. The van der Waals surface area contributed by atoms with Crippen LogP contribution in [0.2, 0.25) is 0 Å². The number of hydrogen-bond donors (Lipinski definition) is 0. The van der Waals surface area contributed by atoms with Crippen LogP contribution in [0.15, 0.2) is 0 Å². The lowest BCUT2D eigenvalue weighted by Crippen LogP contribution is -2.44. The normalized spacial score (nSPS) is 15.7. The molecule has 4 nitrogen and oxygen atoms in total. The summed E-state index contributed by atoms with van der Waals surface area (Å²) in [5.41, 5.74) is -1.08. The predicted octanol–water partition coefficient (Wildman–Crippen LogP) is 3.09. The summed E-state index contributed by atoms with van der Waals surface area (Å²) < 4.78 is 10.3. The molecule has 0 heterocycles. The maximum absolute atomic E-state index is 12.3. The molecule has 1 aliphatic carbocycles. The molecule has 0 spiro atoms. The minimum absolute atomic E-state index is 0.300. The van der Waals surface area contributed by atoms with Crippen molar-refractivity contribution in [3.63, 3.8) is 0 Å². The highest BCUT2D eigenvalue weighted by Crippen LogP contribution is 2.42. The molecule has 0 aromatic heterocycles. The third kappa shape index (κ3) is 3.71. The molecule has 4 heteroatoms. The first-order valence-corrected chi connectivity index (χ1v) is 7.45. The van der Waals surface area contributed by atoms with Crippen molar-refractivity contribution in [3.05, 3.63) is 0 Å². The zero-order valence-corrected chi connectivity index (χ0v) is 12.4. The molecule has 0 aromatic carbocycles. The van der Waals surface area contributed by atoms with E-state index in [1.807, 2.05) is 6.92 Å². The smallest absolute Gasteiger partial charge is 0.323 e. The standard InChI is InChI=1S/C15H26O4/c1-4-10-15(13(16)18-5-2,14(17)19-6-3)11-12-8-7-9-12/h12H,4-11H2,1-3H3. The molecule has 1 rings (SSSR count). The second kappa shape index (κ2) is 7.51. The maximum atomic E-state index is 12.3. The van der Waals surface area contributed by atoms with E-state index in [9.17, 15) is 9.59 Å². The van der Waals surface area contributed by atoms with Crippen LogP contribution in [0.4, 0.5) is 0 Å². The summed E-state index contributed by atoms with van der Waals surface area (Å²) in [6, 6.07) is 0. The van der Waals surface area contributed by atoms with Gasteiger partial charge < -0.3 is 9.47 Å². The van der Waals surface area contributed by atoms with E-state index < -0.39 is 17.4 Å². The Morgan fingerprint density at radius 1 is 1.05 bits per heavy atom. The van der Waals surface area contributed by atoms with E-state index in [0.29, 0.717) is 32.0 Å². The van der Waals surface area contributed by atoms with Gasteiger partial charge in [-0.3, -0.25) is 9.59 Å². The van der Waals surface area contributed by atoms with Gasteiger partial charge in [-0.05, 0) is 32.6 Å². The van der Waals surface area contributed by atoms with Crippen LogP contribution in [0.3, 0.4) is 0 Å². The van der Waals surface area contributed by atoms with Gasteiger partial charge in [0.05, 0.1) is 13.2 Å². The Morgan fingerprint density at radius 3 is 1.89 bits per heavy atom. The zero-order chi connectivity index (χ0) is 14.3. The molecule has 0 aromatic rings. The Morgan fingerprint density at radius 2 is 1.58 bits per heavy atom. The van der Waals surface area contributed by atoms with Crippen molar-refractivity contribution < 1.29 is 19.1 Å². The third-order valence-corrected chi connectivity index (χ3v) is 3.87. The van der Waals surface area contributed by atoms with Gasteiger partial charge in [0.15, 0.2) is 5.41 Å². The minimum atomic E-state index is -1.08. The lowest BCUT2D eigenvalue weighted by molar-refractivity contribution is -0.175. The van der Waals surface area contributed by atoms with Gasteiger partial charge in [0.25, 0.3) is 0 Å². The molecule has 19 heavy (non-hydrogen) atoms. The van der Waals surface area contributed by atoms with Crippen LogP contribution in [0.5, 0.6) is 0 Å². The van der Waals surface area contributed by atoms with Crippen molar-refractivity contribution in [1.82, 2.24) is 0 Å². The molecular formula is C15H26O4. The Labute approximate surface area is 115 Å². The van der Waals surface area contributed by atoms with Crippen LogP contribution >= 0.6 is 0 Å². The van der Waals surface area contributed by atoms with E-state index in [0.717, 1.165) is 19.3 Å². The number of ether oxygens (including phenoxy) is 2. The number of hydrogen-bond acceptors (Lipinski definition) is 4. The number of rotatable bonds is 8. The molecule has 1 saturated carbocycles. The van der Waals surface area contributed by atoms with Crippen LogP contribution in [-0.2, 0) is 19.1 Å². The average Bonchev–Trinajstić information content (AvgIpc) is 2.32. The molecule has 1 aliphatic rings. The van der Waals surface area contributed by atoms with Crippen molar-refractivity contribution in [2.45, 2.75) is 59.3 Å². The lowest BCUT2D eigenvalue weighted by Gasteiger charge is -2.35. The van der Waals surface area contributed by atoms with Gasteiger partial charge in [0.2, 0.25) is 0 Å². The van der Waals surface area contributed by atoms with Crippen LogP contribution in [0.25, 0.3) is 0 Å². The third-order valence-electron chi connectivity index (χ3n) is 3.87. The van der Waals surface area contributed by atoms with Crippen LogP contribution < -0.4 is 0 Å². The van der Waals surface area contributed by atoms with Crippen molar-refractivity contribution in [3.8, 4) is 0 Å². The SMILES string of the molecule is CCCC(CC1CCC1)(C(=O)OCC)C(=O)OCC. The fourth-order valence-corrected chi connectivity index (χ4v) is 2.71. The molecule has 0 radical (unpaired) electrons. The van der Waals surface area contributed by atoms with E-state index in [-0.39, 0.29) is 0 Å². The number of esters is 2. The monoisotopic (exact) mass is 270 g/mol. The quantitative estimate of drug-likeness (QED) is 0.502. The van der Waals surface area contributed by atoms with E-state index in [1.54, 1.807) is 13.8 Å². The molecule has 1 fully saturated rings. The van der Waals surface area contributed by atoms with E-state index >= 15 is 0 Å². The predicted molar refractivity (Wildman–Crippen MR) is 72.6 cm³/mol. The Hall–Kier alpha value is -1.06. The highest BCUT2D eigenvalue weighted by molar-refractivity contribution is 6.00. The highest BCUT2D eigenvalue weighted by atomic mass is 16.6. The Kier molecular flexibility index (Phi) is 6.32. The van der Waals surface area contributed by atoms with E-state index in [1.165, 1.54) is 6.42 Å². The molecular weight excluding hydrogens is 244 g/mol. The van der Waals surface area contributed by atoms with Crippen molar-refractivity contribution >= 4 is 11.9 Å². The minimum Gasteiger partial charge on any atom is -0.465 e. The molecule has 0 N–H and O–H groups in total. The summed E-state index contributed by atoms with van der Waals surface area (Å²) in [4.78, 5) is 24.6. The molecule has 0 atom stereocenters. The molecule has 0 unspecified atom stereocenters. The number of carbonyl (C=O) groups is 2. The van der Waals surface area contributed by atoms with Gasteiger partial charge in [-0.1, -0.05) is 32.6 Å².